The van der Waals surface area contributed by atoms with Gasteiger partial charge in [-0.1, -0.05) is 29.8 Å². The lowest BCUT2D eigenvalue weighted by Crippen LogP contribution is -2.36. The molecule has 0 heterocycles. The summed E-state index contributed by atoms with van der Waals surface area (Å²) < 4.78 is 0. The van der Waals surface area contributed by atoms with Crippen molar-refractivity contribution in [3.8, 4) is 0 Å². The highest BCUT2D eigenvalue weighted by molar-refractivity contribution is 6.34. The Balaban J connectivity index is 2.98. The highest BCUT2D eigenvalue weighted by Crippen LogP contribution is 2.24. The van der Waals surface area contributed by atoms with Crippen LogP contribution in [0.2, 0.25) is 5.02 Å². The van der Waals surface area contributed by atoms with E-state index in [-0.39, 0.29) is 22.3 Å². The Morgan fingerprint density at radius 3 is 2.60 bits per heavy atom. The predicted octanol–water partition coefficient (Wildman–Crippen LogP) is 3.47. The van der Waals surface area contributed by atoms with Gasteiger partial charge in [-0.2, -0.15) is 0 Å². The van der Waals surface area contributed by atoms with Gasteiger partial charge in [0.15, 0.2) is 0 Å². The lowest BCUT2D eigenvalue weighted by Gasteiger charge is -2.22. The molecule has 0 saturated carbocycles. The summed E-state index contributed by atoms with van der Waals surface area (Å²) in [5, 5.41) is 11.8. The van der Waals surface area contributed by atoms with Crippen LogP contribution in [0.15, 0.2) is 30.4 Å². The number of carboxylic acids is 1. The SMILES string of the molecule is C=C(C)CN(CC)C(=O)Nc1cccc(Cl)c1C(=O)O. The third kappa shape index (κ3) is 3.99. The van der Waals surface area contributed by atoms with Gasteiger partial charge in [0.2, 0.25) is 0 Å². The van der Waals surface area contributed by atoms with E-state index < -0.39 is 5.97 Å². The molecule has 0 aromatic heterocycles. The van der Waals surface area contributed by atoms with E-state index in [2.05, 4.69) is 11.9 Å². The minimum atomic E-state index is -1.19. The van der Waals surface area contributed by atoms with Crippen LogP contribution < -0.4 is 5.32 Å². The molecule has 0 fully saturated rings. The molecule has 5 nitrogen and oxygen atoms in total. The maximum Gasteiger partial charge on any atom is 0.339 e. The molecule has 2 N–H and O–H groups in total. The van der Waals surface area contributed by atoms with E-state index in [9.17, 15) is 9.59 Å². The molecule has 20 heavy (non-hydrogen) atoms. The number of hydrogen-bond acceptors (Lipinski definition) is 2. The average molecular weight is 297 g/mol. The number of carbonyl (C=O) groups is 2. The summed E-state index contributed by atoms with van der Waals surface area (Å²) in [5.74, 6) is -1.19. The van der Waals surface area contributed by atoms with Gasteiger partial charge in [0.05, 0.1) is 10.7 Å². The van der Waals surface area contributed by atoms with Gasteiger partial charge in [0.25, 0.3) is 0 Å². The van der Waals surface area contributed by atoms with Crippen molar-refractivity contribution in [3.63, 3.8) is 0 Å². The third-order valence-corrected chi connectivity index (χ3v) is 2.91. The summed E-state index contributed by atoms with van der Waals surface area (Å²) in [7, 11) is 0. The minimum Gasteiger partial charge on any atom is -0.478 e. The molecule has 0 radical (unpaired) electrons. The number of rotatable bonds is 5. The molecule has 6 heteroatoms. The molecule has 0 aliphatic carbocycles. The van der Waals surface area contributed by atoms with Crippen molar-refractivity contribution in [2.24, 2.45) is 0 Å². The number of halogens is 1. The molecule has 108 valence electrons. The molecule has 0 aliphatic heterocycles. The number of urea groups is 1. The van der Waals surface area contributed by atoms with Crippen LogP contribution in [0.3, 0.4) is 0 Å². The fraction of sp³-hybridized carbons (Fsp3) is 0.286. The van der Waals surface area contributed by atoms with Gasteiger partial charge in [-0.05, 0) is 26.0 Å². The van der Waals surface area contributed by atoms with Gasteiger partial charge in [0, 0.05) is 13.1 Å². The number of carboxylic acid groups (broad SMARTS) is 1. The fourth-order valence-corrected chi connectivity index (χ4v) is 1.95. The number of nitrogens with one attached hydrogen (secondary N) is 1. The summed E-state index contributed by atoms with van der Waals surface area (Å²) in [4.78, 5) is 24.8. The molecule has 0 atom stereocenters. The quantitative estimate of drug-likeness (QED) is 0.817. The largest absolute Gasteiger partial charge is 0.478 e. The van der Waals surface area contributed by atoms with E-state index in [1.807, 2.05) is 13.8 Å². The zero-order valence-electron chi connectivity index (χ0n) is 11.4. The lowest BCUT2D eigenvalue weighted by atomic mass is 10.2. The number of benzene rings is 1. The van der Waals surface area contributed by atoms with Crippen LogP contribution in [0.1, 0.15) is 24.2 Å². The van der Waals surface area contributed by atoms with Gasteiger partial charge < -0.3 is 15.3 Å². The lowest BCUT2D eigenvalue weighted by molar-refractivity contribution is 0.0698. The molecule has 1 aromatic rings. The minimum absolute atomic E-state index is 0.0817. The van der Waals surface area contributed by atoms with Crippen LogP contribution >= 0.6 is 11.6 Å². The second kappa shape index (κ2) is 6.96. The summed E-state index contributed by atoms with van der Waals surface area (Å²) in [6, 6.07) is 4.16. The Morgan fingerprint density at radius 2 is 2.10 bits per heavy atom. The zero-order chi connectivity index (χ0) is 15.3. The Hall–Kier alpha value is -2.01. The maximum atomic E-state index is 12.1. The van der Waals surface area contributed by atoms with E-state index in [0.717, 1.165) is 5.57 Å². The molecule has 1 rings (SSSR count). The Bertz CT molecular complexity index is 543. The molecule has 0 aliphatic rings. The van der Waals surface area contributed by atoms with Crippen LogP contribution in [0.4, 0.5) is 10.5 Å². The first-order chi connectivity index (χ1) is 9.36. The number of nitrogens with zero attached hydrogens (tertiary/aromatic N) is 1. The van der Waals surface area contributed by atoms with E-state index in [0.29, 0.717) is 13.1 Å². The van der Waals surface area contributed by atoms with Crippen molar-refractivity contribution in [2.75, 3.05) is 18.4 Å². The second-order valence-electron chi connectivity index (χ2n) is 4.37. The van der Waals surface area contributed by atoms with E-state index >= 15 is 0 Å². The number of carbonyl (C=O) groups excluding carboxylic acids is 1. The number of amides is 2. The first-order valence-corrected chi connectivity index (χ1v) is 6.46. The maximum absolute atomic E-state index is 12.1. The highest BCUT2D eigenvalue weighted by Gasteiger charge is 2.18. The van der Waals surface area contributed by atoms with E-state index in [1.54, 1.807) is 6.07 Å². The van der Waals surface area contributed by atoms with Crippen LogP contribution in [0.5, 0.6) is 0 Å². The highest BCUT2D eigenvalue weighted by atomic mass is 35.5. The van der Waals surface area contributed by atoms with Crippen molar-refractivity contribution in [3.05, 3.63) is 40.9 Å². The van der Waals surface area contributed by atoms with Crippen LogP contribution in [0, 0.1) is 0 Å². The molecule has 0 unspecified atom stereocenters. The van der Waals surface area contributed by atoms with Crippen molar-refractivity contribution in [1.82, 2.24) is 4.90 Å². The monoisotopic (exact) mass is 296 g/mol. The van der Waals surface area contributed by atoms with Crippen molar-refractivity contribution in [2.45, 2.75) is 13.8 Å². The van der Waals surface area contributed by atoms with Gasteiger partial charge in [0.1, 0.15) is 5.56 Å². The number of aromatic carboxylic acids is 1. The topological polar surface area (TPSA) is 69.6 Å². The van der Waals surface area contributed by atoms with Crippen molar-refractivity contribution in [1.29, 1.82) is 0 Å². The first-order valence-electron chi connectivity index (χ1n) is 6.09. The Kier molecular flexibility index (Phi) is 5.58. The van der Waals surface area contributed by atoms with Gasteiger partial charge in [-0.3, -0.25) is 0 Å². The van der Waals surface area contributed by atoms with Crippen molar-refractivity contribution < 1.29 is 14.7 Å². The van der Waals surface area contributed by atoms with E-state index in [1.165, 1.54) is 17.0 Å². The zero-order valence-corrected chi connectivity index (χ0v) is 12.2. The molecule has 2 amide bonds. The van der Waals surface area contributed by atoms with Crippen LogP contribution in [0.25, 0.3) is 0 Å². The van der Waals surface area contributed by atoms with E-state index in [4.69, 9.17) is 16.7 Å². The molecular weight excluding hydrogens is 280 g/mol. The number of anilines is 1. The molecule has 1 aromatic carbocycles. The van der Waals surface area contributed by atoms with Crippen LogP contribution in [-0.4, -0.2) is 35.1 Å². The summed E-state index contributed by atoms with van der Waals surface area (Å²) in [6.45, 7) is 8.30. The first kappa shape index (κ1) is 16.0. The smallest absolute Gasteiger partial charge is 0.339 e. The molecular formula is C14H17ClN2O3. The van der Waals surface area contributed by atoms with Crippen molar-refractivity contribution >= 4 is 29.3 Å². The summed E-state index contributed by atoms with van der Waals surface area (Å²) in [5.41, 5.74) is 0.899. The predicted molar refractivity (Wildman–Crippen MR) is 79.5 cm³/mol. The Morgan fingerprint density at radius 1 is 1.45 bits per heavy atom. The van der Waals surface area contributed by atoms with Crippen LogP contribution in [-0.2, 0) is 0 Å². The molecule has 0 bridgehead atoms. The Labute approximate surface area is 122 Å². The third-order valence-electron chi connectivity index (χ3n) is 2.60. The second-order valence-corrected chi connectivity index (χ2v) is 4.78. The average Bonchev–Trinajstić information content (AvgIpc) is 2.35. The van der Waals surface area contributed by atoms with Gasteiger partial charge in [-0.15, -0.1) is 0 Å². The number of hydrogen-bond donors (Lipinski definition) is 2. The standard InChI is InChI=1S/C14H17ClN2O3/c1-4-17(8-9(2)3)14(20)16-11-7-5-6-10(15)12(11)13(18)19/h5-7H,2,4,8H2,1,3H3,(H,16,20)(H,18,19). The summed E-state index contributed by atoms with van der Waals surface area (Å²) >= 11 is 5.85. The molecule has 0 saturated heterocycles. The van der Waals surface area contributed by atoms with Gasteiger partial charge in [-0.25, -0.2) is 9.59 Å². The molecule has 0 spiro atoms. The van der Waals surface area contributed by atoms with Gasteiger partial charge >= 0.3 is 12.0 Å². The fourth-order valence-electron chi connectivity index (χ4n) is 1.69. The summed E-state index contributed by atoms with van der Waals surface area (Å²) in [6.07, 6.45) is 0. The number of likely N-dealkylation sites (N-methyl/N-ethyl adjacent to an activating group) is 1. The normalized spacial score (nSPS) is 9.95.